The minimum Gasteiger partial charge on any atom is -0.308 e. The standard InChI is InChI=1S/C22H27N3O3S3.ClH/c1-15(2)29-17-9-6-8-16(14-17)21(26)25(13-12-24(3)4)22-23-20-18(30-22)10-7-11-19(20)31(5,27)28;/h6-11,14-15H,12-13H2,1-5H3;1H. The normalized spacial score (nSPS) is 11.7. The Morgan fingerprint density at radius 1 is 1.12 bits per heavy atom. The van der Waals surface area contributed by atoms with Gasteiger partial charge in [0, 0.05) is 35.1 Å². The minimum absolute atomic E-state index is 0. The molecule has 6 nitrogen and oxygen atoms in total. The number of hydrogen-bond acceptors (Lipinski definition) is 7. The van der Waals surface area contributed by atoms with E-state index >= 15 is 0 Å². The number of likely N-dealkylation sites (N-methyl/N-ethyl adjacent to an activating group) is 1. The van der Waals surface area contributed by atoms with Gasteiger partial charge in [0.05, 0.1) is 9.60 Å². The van der Waals surface area contributed by atoms with E-state index in [1.165, 1.54) is 17.6 Å². The number of nitrogens with zero attached hydrogens (tertiary/aromatic N) is 3. The SMILES string of the molecule is CC(C)Sc1cccc(C(=O)N(CCN(C)C)c2nc3c(S(C)(=O)=O)cccc3s2)c1.Cl. The summed E-state index contributed by atoms with van der Waals surface area (Å²) in [5.41, 5.74) is 1.00. The lowest BCUT2D eigenvalue weighted by molar-refractivity contribution is 0.0985. The molecule has 0 fully saturated rings. The summed E-state index contributed by atoms with van der Waals surface area (Å²) in [5.74, 6) is -0.145. The van der Waals surface area contributed by atoms with Crippen LogP contribution in [0.3, 0.4) is 0 Å². The summed E-state index contributed by atoms with van der Waals surface area (Å²) in [6, 6.07) is 12.7. The van der Waals surface area contributed by atoms with Crippen molar-refractivity contribution in [3.05, 3.63) is 48.0 Å². The van der Waals surface area contributed by atoms with Gasteiger partial charge in [0.25, 0.3) is 5.91 Å². The second kappa shape index (κ2) is 11.0. The van der Waals surface area contributed by atoms with Crippen LogP contribution < -0.4 is 4.90 Å². The smallest absolute Gasteiger partial charge is 0.260 e. The van der Waals surface area contributed by atoms with E-state index in [0.29, 0.717) is 34.6 Å². The first kappa shape index (κ1) is 26.6. The molecule has 1 amide bonds. The van der Waals surface area contributed by atoms with Crippen LogP contribution in [-0.2, 0) is 9.84 Å². The zero-order valence-electron chi connectivity index (χ0n) is 18.7. The van der Waals surface area contributed by atoms with Crippen LogP contribution in [0, 0.1) is 0 Å². The predicted octanol–water partition coefficient (Wildman–Crippen LogP) is 4.83. The van der Waals surface area contributed by atoms with Gasteiger partial charge in [-0.2, -0.15) is 0 Å². The van der Waals surface area contributed by atoms with Crippen molar-refractivity contribution in [2.45, 2.75) is 28.9 Å². The zero-order chi connectivity index (χ0) is 22.8. The quantitative estimate of drug-likeness (QED) is 0.402. The van der Waals surface area contributed by atoms with E-state index in [1.807, 2.05) is 49.3 Å². The number of hydrogen-bond donors (Lipinski definition) is 0. The van der Waals surface area contributed by atoms with Crippen molar-refractivity contribution in [3.63, 3.8) is 0 Å². The number of fused-ring (bicyclic) bond motifs is 1. The molecule has 3 aromatic rings. The highest BCUT2D eigenvalue weighted by molar-refractivity contribution is 7.99. The third kappa shape index (κ3) is 6.45. The van der Waals surface area contributed by atoms with Gasteiger partial charge >= 0.3 is 0 Å². The molecule has 0 aliphatic rings. The number of amides is 1. The molecular weight excluding hydrogens is 486 g/mol. The van der Waals surface area contributed by atoms with Crippen molar-refractivity contribution in [2.75, 3.05) is 38.3 Å². The van der Waals surface area contributed by atoms with Crippen LogP contribution >= 0.6 is 35.5 Å². The molecule has 0 aliphatic carbocycles. The Morgan fingerprint density at radius 2 is 1.81 bits per heavy atom. The Labute approximate surface area is 204 Å². The van der Waals surface area contributed by atoms with Gasteiger partial charge in [0.2, 0.25) is 0 Å². The Morgan fingerprint density at radius 3 is 2.44 bits per heavy atom. The number of thioether (sulfide) groups is 1. The molecule has 0 aliphatic heterocycles. The molecule has 0 unspecified atom stereocenters. The van der Waals surface area contributed by atoms with E-state index in [-0.39, 0.29) is 23.2 Å². The van der Waals surface area contributed by atoms with Crippen LogP contribution in [0.1, 0.15) is 24.2 Å². The van der Waals surface area contributed by atoms with Crippen molar-refractivity contribution in [1.82, 2.24) is 9.88 Å². The van der Waals surface area contributed by atoms with E-state index in [0.717, 1.165) is 9.60 Å². The molecular formula is C22H28ClN3O3S3. The molecule has 32 heavy (non-hydrogen) atoms. The first-order chi connectivity index (χ1) is 14.6. The van der Waals surface area contributed by atoms with Crippen LogP contribution in [0.4, 0.5) is 5.13 Å². The maximum absolute atomic E-state index is 13.5. The van der Waals surface area contributed by atoms with Gasteiger partial charge in [-0.15, -0.1) is 24.2 Å². The number of aromatic nitrogens is 1. The largest absolute Gasteiger partial charge is 0.308 e. The molecule has 10 heteroatoms. The predicted molar refractivity (Wildman–Crippen MR) is 138 cm³/mol. The third-order valence-electron chi connectivity index (χ3n) is 4.47. The average Bonchev–Trinajstić information content (AvgIpc) is 3.10. The Hall–Kier alpha value is -1.65. The van der Waals surface area contributed by atoms with Gasteiger partial charge in [-0.25, -0.2) is 13.4 Å². The Balaban J connectivity index is 0.00000363. The van der Waals surface area contributed by atoms with Gasteiger partial charge in [0.1, 0.15) is 5.52 Å². The third-order valence-corrected chi connectivity index (χ3v) is 7.64. The molecule has 0 saturated heterocycles. The van der Waals surface area contributed by atoms with Crippen molar-refractivity contribution >= 4 is 66.6 Å². The Bertz CT molecular complexity index is 1190. The highest BCUT2D eigenvalue weighted by Gasteiger charge is 2.24. The summed E-state index contributed by atoms with van der Waals surface area (Å²) in [5, 5.41) is 0.911. The number of halogens is 1. The maximum atomic E-state index is 13.5. The second-order valence-electron chi connectivity index (χ2n) is 7.83. The number of para-hydroxylation sites is 1. The lowest BCUT2D eigenvalue weighted by Crippen LogP contribution is -2.36. The van der Waals surface area contributed by atoms with E-state index in [9.17, 15) is 13.2 Å². The number of rotatable bonds is 8. The van der Waals surface area contributed by atoms with Crippen LogP contribution in [0.2, 0.25) is 0 Å². The zero-order valence-corrected chi connectivity index (χ0v) is 22.0. The van der Waals surface area contributed by atoms with Gasteiger partial charge in [-0.3, -0.25) is 9.69 Å². The van der Waals surface area contributed by atoms with Crippen molar-refractivity contribution in [3.8, 4) is 0 Å². The highest BCUT2D eigenvalue weighted by Crippen LogP contribution is 2.33. The number of sulfone groups is 1. The van der Waals surface area contributed by atoms with E-state index in [4.69, 9.17) is 0 Å². The fourth-order valence-corrected chi connectivity index (χ4v) is 5.85. The van der Waals surface area contributed by atoms with Gasteiger partial charge in [-0.05, 0) is 44.4 Å². The van der Waals surface area contributed by atoms with Crippen LogP contribution in [0.25, 0.3) is 10.2 Å². The number of thiazole rings is 1. The Kier molecular flexibility index (Phi) is 9.13. The van der Waals surface area contributed by atoms with Gasteiger partial charge in [0.15, 0.2) is 15.0 Å². The van der Waals surface area contributed by atoms with Crippen LogP contribution in [-0.4, -0.2) is 62.9 Å². The molecule has 0 bridgehead atoms. The fraction of sp³-hybridized carbons (Fsp3) is 0.364. The second-order valence-corrected chi connectivity index (χ2v) is 12.5. The number of carbonyl (C=O) groups excluding carboxylic acids is 1. The topological polar surface area (TPSA) is 70.6 Å². The number of anilines is 1. The number of carbonyl (C=O) groups is 1. The monoisotopic (exact) mass is 513 g/mol. The molecule has 0 spiro atoms. The fourth-order valence-electron chi connectivity index (χ4n) is 3.04. The van der Waals surface area contributed by atoms with E-state index in [1.54, 1.807) is 28.8 Å². The molecule has 2 aromatic carbocycles. The molecule has 0 N–H and O–H groups in total. The van der Waals surface area contributed by atoms with Crippen LogP contribution in [0.5, 0.6) is 0 Å². The first-order valence-corrected chi connectivity index (χ1v) is 13.5. The summed E-state index contributed by atoms with van der Waals surface area (Å²) >= 11 is 3.04. The summed E-state index contributed by atoms with van der Waals surface area (Å²) in [7, 11) is 0.467. The molecule has 0 atom stereocenters. The van der Waals surface area contributed by atoms with Crippen molar-refractivity contribution in [1.29, 1.82) is 0 Å². The van der Waals surface area contributed by atoms with E-state index in [2.05, 4.69) is 18.8 Å². The summed E-state index contributed by atoms with van der Waals surface area (Å²) in [6.45, 7) is 5.33. The molecule has 0 radical (unpaired) electrons. The summed E-state index contributed by atoms with van der Waals surface area (Å²) in [4.78, 5) is 23.0. The van der Waals surface area contributed by atoms with Crippen molar-refractivity contribution < 1.29 is 13.2 Å². The maximum Gasteiger partial charge on any atom is 0.260 e. The lowest BCUT2D eigenvalue weighted by Gasteiger charge is -2.22. The average molecular weight is 514 g/mol. The highest BCUT2D eigenvalue weighted by atomic mass is 35.5. The van der Waals surface area contributed by atoms with Crippen LogP contribution in [0.15, 0.2) is 52.3 Å². The molecule has 0 saturated carbocycles. The summed E-state index contributed by atoms with van der Waals surface area (Å²) < 4.78 is 25.1. The van der Waals surface area contributed by atoms with Gasteiger partial charge in [-0.1, -0.05) is 37.3 Å². The summed E-state index contributed by atoms with van der Waals surface area (Å²) in [6.07, 6.45) is 1.17. The van der Waals surface area contributed by atoms with E-state index < -0.39 is 9.84 Å². The molecule has 1 heterocycles. The van der Waals surface area contributed by atoms with Gasteiger partial charge < -0.3 is 4.90 Å². The molecule has 174 valence electrons. The molecule has 1 aromatic heterocycles. The minimum atomic E-state index is -3.43. The first-order valence-electron chi connectivity index (χ1n) is 9.89. The number of benzene rings is 2. The molecule has 3 rings (SSSR count). The lowest BCUT2D eigenvalue weighted by atomic mass is 10.2. The van der Waals surface area contributed by atoms with Crippen molar-refractivity contribution in [2.24, 2.45) is 0 Å².